The molecule has 1 aromatic carbocycles. The molecular weight excluding hydrogens is 136 g/mol. The van der Waals surface area contributed by atoms with Gasteiger partial charge in [0.15, 0.2) is 0 Å². The van der Waals surface area contributed by atoms with Crippen LogP contribution < -0.4 is 4.74 Å². The van der Waals surface area contributed by atoms with Gasteiger partial charge in [-0.2, -0.15) is 0 Å². The standard InChI is InChI=1S/C10H9O/c1-2-9-7-8-5-3-4-6-10(8)11-9/h3-6,9H,1,7H2. The number of hydrogen-bond acceptors (Lipinski definition) is 1. The third-order valence-corrected chi connectivity index (χ3v) is 1.87. The van der Waals surface area contributed by atoms with Crippen LogP contribution in [0.15, 0.2) is 30.8 Å². The van der Waals surface area contributed by atoms with Crippen molar-refractivity contribution >= 4 is 0 Å². The molecule has 0 bridgehead atoms. The molecule has 0 fully saturated rings. The van der Waals surface area contributed by atoms with Crippen LogP contribution in [0.25, 0.3) is 0 Å². The van der Waals surface area contributed by atoms with E-state index in [0.717, 1.165) is 12.2 Å². The topological polar surface area (TPSA) is 9.23 Å². The van der Waals surface area contributed by atoms with E-state index in [-0.39, 0.29) is 6.10 Å². The van der Waals surface area contributed by atoms with Crippen LogP contribution in [-0.2, 0) is 6.42 Å². The van der Waals surface area contributed by atoms with Gasteiger partial charge in [0.05, 0.1) is 0 Å². The minimum Gasteiger partial charge on any atom is -0.485 e. The molecule has 1 heteroatoms. The predicted octanol–water partition coefficient (Wildman–Crippen LogP) is 1.98. The molecule has 1 aliphatic rings. The predicted molar refractivity (Wildman–Crippen MR) is 43.4 cm³/mol. The molecule has 0 spiro atoms. The molecule has 0 N–H and O–H groups in total. The van der Waals surface area contributed by atoms with Gasteiger partial charge in [-0.1, -0.05) is 24.8 Å². The summed E-state index contributed by atoms with van der Waals surface area (Å²) in [5, 5.41) is 0. The van der Waals surface area contributed by atoms with Crippen molar-refractivity contribution in [2.45, 2.75) is 12.5 Å². The average Bonchev–Trinajstić information content (AvgIpc) is 2.46. The Labute approximate surface area is 66.3 Å². The lowest BCUT2D eigenvalue weighted by molar-refractivity contribution is 0.276. The third kappa shape index (κ3) is 1.03. The van der Waals surface area contributed by atoms with Gasteiger partial charge in [0.1, 0.15) is 11.9 Å². The Bertz CT molecular complexity index is 253. The Morgan fingerprint density at radius 2 is 2.27 bits per heavy atom. The second kappa shape index (κ2) is 2.42. The van der Waals surface area contributed by atoms with E-state index in [0.29, 0.717) is 0 Å². The maximum atomic E-state index is 5.48. The zero-order valence-corrected chi connectivity index (χ0v) is 6.21. The first-order valence-electron chi connectivity index (χ1n) is 3.67. The second-order valence-corrected chi connectivity index (χ2v) is 2.62. The summed E-state index contributed by atoms with van der Waals surface area (Å²) in [6.45, 7) is 3.58. The summed E-state index contributed by atoms with van der Waals surface area (Å²) in [6, 6.07) is 8.05. The van der Waals surface area contributed by atoms with Crippen molar-refractivity contribution in [1.29, 1.82) is 0 Å². The van der Waals surface area contributed by atoms with Crippen LogP contribution in [0.3, 0.4) is 0 Å². The first-order valence-corrected chi connectivity index (χ1v) is 3.67. The largest absolute Gasteiger partial charge is 0.485 e. The van der Waals surface area contributed by atoms with Gasteiger partial charge in [-0.15, -0.1) is 0 Å². The summed E-state index contributed by atoms with van der Waals surface area (Å²) >= 11 is 0. The summed E-state index contributed by atoms with van der Waals surface area (Å²) in [4.78, 5) is 0. The normalized spacial score (nSPS) is 20.5. The van der Waals surface area contributed by atoms with Gasteiger partial charge in [-0.25, -0.2) is 0 Å². The fourth-order valence-electron chi connectivity index (χ4n) is 1.30. The Morgan fingerprint density at radius 1 is 1.45 bits per heavy atom. The second-order valence-electron chi connectivity index (χ2n) is 2.62. The van der Waals surface area contributed by atoms with Crippen molar-refractivity contribution < 1.29 is 4.74 Å². The highest BCUT2D eigenvalue weighted by Gasteiger charge is 2.18. The fraction of sp³-hybridized carbons (Fsp3) is 0.200. The Morgan fingerprint density at radius 3 is 3.00 bits per heavy atom. The molecule has 1 heterocycles. The number of benzene rings is 1. The van der Waals surface area contributed by atoms with Crippen molar-refractivity contribution in [3.8, 4) is 5.75 Å². The van der Waals surface area contributed by atoms with Crippen LogP contribution in [0.5, 0.6) is 5.75 Å². The van der Waals surface area contributed by atoms with Gasteiger partial charge >= 0.3 is 0 Å². The summed E-state index contributed by atoms with van der Waals surface area (Å²) in [5.74, 6) is 0.980. The third-order valence-electron chi connectivity index (χ3n) is 1.87. The maximum absolute atomic E-state index is 5.48. The zero-order valence-electron chi connectivity index (χ0n) is 6.21. The van der Waals surface area contributed by atoms with Crippen LogP contribution >= 0.6 is 0 Å². The van der Waals surface area contributed by atoms with E-state index in [4.69, 9.17) is 4.74 Å². The molecule has 2 rings (SSSR count). The minimum absolute atomic E-state index is 0.0624. The SMILES string of the molecule is C=[C]C1Cc2ccccc2O1. The molecule has 0 aliphatic carbocycles. The maximum Gasteiger partial charge on any atom is 0.128 e. The monoisotopic (exact) mass is 145 g/mol. The van der Waals surface area contributed by atoms with Gasteiger partial charge in [0.25, 0.3) is 0 Å². The lowest BCUT2D eigenvalue weighted by Gasteiger charge is -2.01. The number of rotatable bonds is 1. The molecule has 1 aliphatic heterocycles. The molecule has 1 nitrogen and oxygen atoms in total. The lowest BCUT2D eigenvalue weighted by Crippen LogP contribution is -2.08. The number of fused-ring (bicyclic) bond motifs is 1. The van der Waals surface area contributed by atoms with Crippen LogP contribution in [0.1, 0.15) is 5.56 Å². The van der Waals surface area contributed by atoms with Crippen LogP contribution in [0.2, 0.25) is 0 Å². The number of para-hydroxylation sites is 1. The van der Waals surface area contributed by atoms with E-state index >= 15 is 0 Å². The highest BCUT2D eigenvalue weighted by Crippen LogP contribution is 2.27. The molecular formula is C10H9O. The molecule has 0 amide bonds. The van der Waals surface area contributed by atoms with Crippen molar-refractivity contribution in [1.82, 2.24) is 0 Å². The van der Waals surface area contributed by atoms with E-state index in [2.05, 4.69) is 18.7 Å². The summed E-state index contributed by atoms with van der Waals surface area (Å²) < 4.78 is 5.48. The highest BCUT2D eigenvalue weighted by atomic mass is 16.5. The van der Waals surface area contributed by atoms with Crippen molar-refractivity contribution in [3.63, 3.8) is 0 Å². The first-order chi connectivity index (χ1) is 5.40. The van der Waals surface area contributed by atoms with Crippen molar-refractivity contribution in [3.05, 3.63) is 42.5 Å². The van der Waals surface area contributed by atoms with Gasteiger partial charge in [0, 0.05) is 6.42 Å². The Kier molecular flexibility index (Phi) is 1.42. The summed E-state index contributed by atoms with van der Waals surface area (Å²) in [6.07, 6.45) is 3.82. The smallest absolute Gasteiger partial charge is 0.128 e. The van der Waals surface area contributed by atoms with Gasteiger partial charge in [-0.05, 0) is 17.7 Å². The Hall–Kier alpha value is -1.24. The molecule has 0 aromatic heterocycles. The van der Waals surface area contributed by atoms with Crippen LogP contribution in [-0.4, -0.2) is 6.10 Å². The Balaban J connectivity index is 2.33. The average molecular weight is 145 g/mol. The molecule has 0 saturated carbocycles. The minimum atomic E-state index is 0.0624. The zero-order chi connectivity index (χ0) is 7.68. The molecule has 11 heavy (non-hydrogen) atoms. The lowest BCUT2D eigenvalue weighted by atomic mass is 10.1. The first kappa shape index (κ1) is 6.47. The van der Waals surface area contributed by atoms with Crippen molar-refractivity contribution in [2.24, 2.45) is 0 Å². The van der Waals surface area contributed by atoms with Crippen LogP contribution in [0, 0.1) is 6.08 Å². The summed E-state index contributed by atoms with van der Waals surface area (Å²) in [5.41, 5.74) is 1.26. The van der Waals surface area contributed by atoms with Gasteiger partial charge in [-0.3, -0.25) is 0 Å². The van der Waals surface area contributed by atoms with E-state index in [9.17, 15) is 0 Å². The number of hydrogen-bond donors (Lipinski definition) is 0. The van der Waals surface area contributed by atoms with E-state index in [1.807, 2.05) is 18.2 Å². The van der Waals surface area contributed by atoms with E-state index in [1.54, 1.807) is 0 Å². The molecule has 0 saturated heterocycles. The van der Waals surface area contributed by atoms with Crippen LogP contribution in [0.4, 0.5) is 0 Å². The molecule has 55 valence electrons. The van der Waals surface area contributed by atoms with E-state index in [1.165, 1.54) is 5.56 Å². The molecule has 1 atom stereocenters. The highest BCUT2D eigenvalue weighted by molar-refractivity contribution is 5.37. The molecule has 1 radical (unpaired) electrons. The van der Waals surface area contributed by atoms with Crippen molar-refractivity contribution in [2.75, 3.05) is 0 Å². The molecule has 1 aromatic rings. The quantitative estimate of drug-likeness (QED) is 0.587. The van der Waals surface area contributed by atoms with E-state index < -0.39 is 0 Å². The fourth-order valence-corrected chi connectivity index (χ4v) is 1.30. The molecule has 1 unspecified atom stereocenters. The number of ether oxygens (including phenoxy) is 1. The van der Waals surface area contributed by atoms with Gasteiger partial charge < -0.3 is 4.74 Å². The van der Waals surface area contributed by atoms with Gasteiger partial charge in [0.2, 0.25) is 0 Å². The summed E-state index contributed by atoms with van der Waals surface area (Å²) in [7, 11) is 0.